The summed E-state index contributed by atoms with van der Waals surface area (Å²) in [5, 5.41) is 252. The van der Waals surface area contributed by atoms with E-state index in [-0.39, 0.29) is 0 Å². The standard InChI is InChI=1S/C55H87N5O41/c1-16(66)56-32(21(71)6-22(72)47(84)85)42(83)38(79)28(12-62)94-52(48(86)87)8-24(74)34(58-18(3)68)44(99-52)40(81)30(14-64)96-54(50(90)91)10-26(76)36(60-20(5)70)46(101-54)41(82)31(15-65)97-55(51(92)93)9-25(75)35(59-19(4)69)45(100-55)39(80)29(13-63)95-53(49(88)89)7-23(73)33(57-17(2)67)43(98-53)37(78)27(77)11-61/h21,23-46,61-65,71,73-83H,6-15H2,1-5H3,(H,56,66)(H,57,67)(H,58,68)(H,59,69)(H,60,70)(H,84,85)(H,86,87)(H,88,89)(H,90,91)(H,92,93). The molecule has 0 saturated carbocycles. The molecule has 29 atom stereocenters. The van der Waals surface area contributed by atoms with Gasteiger partial charge in [0.2, 0.25) is 35.3 Å². The van der Waals surface area contributed by atoms with Crippen LogP contribution in [-0.2, 0) is 90.6 Å². The highest BCUT2D eigenvalue weighted by atomic mass is 16.8. The van der Waals surface area contributed by atoms with E-state index in [4.69, 9.17) is 43.0 Å². The van der Waals surface area contributed by atoms with Gasteiger partial charge in [-0.05, 0) is 0 Å². The van der Waals surface area contributed by atoms with E-state index >= 15 is 0 Å². The summed E-state index contributed by atoms with van der Waals surface area (Å²) >= 11 is 0. The van der Waals surface area contributed by atoms with Gasteiger partial charge in [-0.15, -0.1) is 0 Å². The number of Topliss-reactive ketones (excluding diaryl/α,β-unsaturated/α-hetero) is 1. The summed E-state index contributed by atoms with van der Waals surface area (Å²) in [5.41, 5.74) is 0. The molecule has 27 N–H and O–H groups in total. The molecule has 0 spiro atoms. The van der Waals surface area contributed by atoms with Gasteiger partial charge in [0.15, 0.2) is 0 Å². The van der Waals surface area contributed by atoms with Gasteiger partial charge in [-0.3, -0.25) is 28.8 Å². The number of ketones is 1. The average Bonchev–Trinajstić information content (AvgIpc) is 0.759. The number of carboxylic acid groups (broad SMARTS) is 5. The van der Waals surface area contributed by atoms with Gasteiger partial charge >= 0.3 is 29.8 Å². The lowest BCUT2D eigenvalue weighted by atomic mass is 9.86. The highest BCUT2D eigenvalue weighted by Crippen LogP contribution is 2.42. The van der Waals surface area contributed by atoms with Gasteiger partial charge in [0.25, 0.3) is 23.1 Å². The van der Waals surface area contributed by atoms with Crippen LogP contribution in [0, 0.1) is 0 Å². The summed E-state index contributed by atoms with van der Waals surface area (Å²) in [4.78, 5) is 139. The lowest BCUT2D eigenvalue weighted by Crippen LogP contribution is -2.72. The van der Waals surface area contributed by atoms with Crippen molar-refractivity contribution in [1.82, 2.24) is 26.6 Å². The molecule has 4 rings (SSSR count). The number of rotatable bonds is 37. The predicted octanol–water partition coefficient (Wildman–Crippen LogP) is -15.3. The Balaban J connectivity index is 1.81. The quantitative estimate of drug-likeness (QED) is 0.0257. The van der Waals surface area contributed by atoms with E-state index < -0.39 is 306 Å². The molecule has 46 heteroatoms. The molecule has 0 aliphatic carbocycles. The number of aliphatic hydroxyl groups is 17. The maximum absolute atomic E-state index is 13.6. The number of aliphatic carboxylic acids is 5. The smallest absolute Gasteiger partial charge is 0.372 e. The van der Waals surface area contributed by atoms with Crippen molar-refractivity contribution in [3.05, 3.63) is 0 Å². The third kappa shape index (κ3) is 20.4. The minimum atomic E-state index is -3.69. The number of hydrogen-bond donors (Lipinski definition) is 27. The normalized spacial score (nSPS) is 33.8. The maximum Gasteiger partial charge on any atom is 0.372 e. The number of nitrogens with one attached hydrogen (secondary N) is 5. The first-order valence-electron chi connectivity index (χ1n) is 30.5. The van der Waals surface area contributed by atoms with E-state index in [2.05, 4.69) is 21.3 Å². The summed E-state index contributed by atoms with van der Waals surface area (Å²) in [6, 6.07) is -10.4. The zero-order valence-corrected chi connectivity index (χ0v) is 54.1. The lowest BCUT2D eigenvalue weighted by molar-refractivity contribution is -0.363. The number of carboxylic acids is 5. The number of hydrogen-bond acceptors (Lipinski definition) is 36. The van der Waals surface area contributed by atoms with Crippen molar-refractivity contribution in [2.75, 3.05) is 33.0 Å². The molecule has 4 heterocycles. The monoisotopic (exact) mass is 1470 g/mol. The van der Waals surface area contributed by atoms with E-state index in [1.165, 1.54) is 0 Å². The van der Waals surface area contributed by atoms with E-state index in [0.717, 1.165) is 34.6 Å². The van der Waals surface area contributed by atoms with E-state index in [1.807, 2.05) is 5.32 Å². The van der Waals surface area contributed by atoms with Crippen LogP contribution in [0.2, 0.25) is 0 Å². The van der Waals surface area contributed by atoms with Crippen molar-refractivity contribution in [3.63, 3.8) is 0 Å². The van der Waals surface area contributed by atoms with Crippen LogP contribution in [-0.4, -0.2) is 386 Å². The highest BCUT2D eigenvalue weighted by molar-refractivity contribution is 6.32. The fourth-order valence-corrected chi connectivity index (χ4v) is 12.0. The Labute approximate surface area is 568 Å². The number of carbonyl (C=O) groups excluding carboxylic acids is 6. The molecule has 46 nitrogen and oxygen atoms in total. The van der Waals surface area contributed by atoms with Crippen LogP contribution >= 0.6 is 0 Å². The summed E-state index contributed by atoms with van der Waals surface area (Å²) in [7, 11) is 0. The molecule has 29 unspecified atom stereocenters. The number of ether oxygens (including phenoxy) is 8. The van der Waals surface area contributed by atoms with Gasteiger partial charge in [0, 0.05) is 66.7 Å². The van der Waals surface area contributed by atoms with E-state index in [1.54, 1.807) is 0 Å². The first kappa shape index (κ1) is 86.8. The molecule has 4 saturated heterocycles. The number of aliphatic hydroxyl groups excluding tert-OH is 17. The Morgan fingerprint density at radius 1 is 0.376 bits per heavy atom. The molecule has 4 fully saturated rings. The fraction of sp³-hybridized carbons (Fsp3) is 0.800. The van der Waals surface area contributed by atoms with Gasteiger partial charge in [0.05, 0.1) is 93.8 Å². The Morgan fingerprint density at radius 2 is 0.634 bits per heavy atom. The van der Waals surface area contributed by atoms with E-state index in [0.29, 0.717) is 0 Å². The molecule has 0 bridgehead atoms. The highest BCUT2D eigenvalue weighted by Gasteiger charge is 2.64. The minimum Gasteiger partial charge on any atom is -0.477 e. The van der Waals surface area contributed by atoms with Crippen molar-refractivity contribution in [1.29, 1.82) is 0 Å². The van der Waals surface area contributed by atoms with Crippen LogP contribution in [0.15, 0.2) is 0 Å². The first-order chi connectivity index (χ1) is 46.8. The SMILES string of the molecule is CC(=O)NC(C(O)CC(=O)C(=O)O)C(O)C(O)C(CO)OC1(C(=O)O)CC(O)C(NC(C)=O)C(C(O)C(CO)OC2(C(=O)O)CC(O)C(NC(C)=O)C(C(O)C(CO)OC3(C(=O)O)CC(O)C(NC(C)=O)C(C(O)C(CO)OC4(C(=O)O)CC(O)C(NC(C)=O)C(C(O)C(O)CO)O4)O3)O2)O1. The van der Waals surface area contributed by atoms with Crippen LogP contribution in [0.4, 0.5) is 0 Å². The van der Waals surface area contributed by atoms with Crippen molar-refractivity contribution in [3.8, 4) is 0 Å². The summed E-state index contributed by atoms with van der Waals surface area (Å²) in [5.74, 6) is -32.8. The molecule has 0 aromatic heterocycles. The second kappa shape index (κ2) is 36.2. The largest absolute Gasteiger partial charge is 0.477 e. The molecule has 0 aromatic carbocycles. The minimum absolute atomic E-state index is 0.783. The van der Waals surface area contributed by atoms with Crippen molar-refractivity contribution >= 4 is 65.2 Å². The van der Waals surface area contributed by atoms with Crippen molar-refractivity contribution in [2.24, 2.45) is 0 Å². The zero-order valence-electron chi connectivity index (χ0n) is 54.1. The average molecular weight is 1470 g/mol. The fourth-order valence-electron chi connectivity index (χ4n) is 12.0. The zero-order chi connectivity index (χ0) is 77.0. The van der Waals surface area contributed by atoms with Crippen molar-refractivity contribution < 1.29 is 203 Å². The third-order valence-corrected chi connectivity index (χ3v) is 16.7. The predicted molar refractivity (Wildman–Crippen MR) is 312 cm³/mol. The molecule has 0 radical (unpaired) electrons. The Hall–Kier alpha value is -6.63. The van der Waals surface area contributed by atoms with Gasteiger partial charge in [-0.2, -0.15) is 0 Å². The second-order valence-electron chi connectivity index (χ2n) is 24.3. The molecular formula is C55H87N5O41. The first-order valence-corrected chi connectivity index (χ1v) is 30.5. The Morgan fingerprint density at radius 3 is 0.851 bits per heavy atom. The molecule has 0 aromatic rings. The number of amides is 5. The van der Waals surface area contributed by atoms with Gasteiger partial charge in [-0.25, -0.2) is 24.0 Å². The van der Waals surface area contributed by atoms with Crippen LogP contribution < -0.4 is 26.6 Å². The van der Waals surface area contributed by atoms with Crippen LogP contribution in [0.3, 0.4) is 0 Å². The second-order valence-corrected chi connectivity index (χ2v) is 24.3. The van der Waals surface area contributed by atoms with Crippen LogP contribution in [0.1, 0.15) is 66.7 Å². The Bertz CT molecular complexity index is 2920. The maximum atomic E-state index is 13.6. The molecule has 101 heavy (non-hydrogen) atoms. The third-order valence-electron chi connectivity index (χ3n) is 16.7. The van der Waals surface area contributed by atoms with Crippen molar-refractivity contribution in [2.45, 2.75) is 242 Å². The number of carbonyl (C=O) groups is 11. The molecule has 4 aliphatic heterocycles. The lowest BCUT2D eigenvalue weighted by Gasteiger charge is -2.51. The van der Waals surface area contributed by atoms with E-state index in [9.17, 15) is 160 Å². The summed E-state index contributed by atoms with van der Waals surface area (Å²) in [6.45, 7) is -3.74. The summed E-state index contributed by atoms with van der Waals surface area (Å²) < 4.78 is 45.0. The van der Waals surface area contributed by atoms with Crippen LogP contribution in [0.5, 0.6) is 0 Å². The van der Waals surface area contributed by atoms with Gasteiger partial charge in [-0.1, -0.05) is 0 Å². The summed E-state index contributed by atoms with van der Waals surface area (Å²) in [6.07, 6.45) is -57.9. The molecule has 5 amide bonds. The Kier molecular flexibility index (Phi) is 31.1. The molecule has 4 aliphatic rings. The van der Waals surface area contributed by atoms with Crippen LogP contribution in [0.25, 0.3) is 0 Å². The van der Waals surface area contributed by atoms with Gasteiger partial charge in [0.1, 0.15) is 91.6 Å². The van der Waals surface area contributed by atoms with Gasteiger partial charge < -0.3 is 177 Å². The molecule has 578 valence electrons. The molecular weight excluding hydrogens is 1390 g/mol. The topological polar surface area (TPSA) is 767 Å².